The fraction of sp³-hybridized carbons (Fsp3) is 0.143. The van der Waals surface area contributed by atoms with Crippen molar-refractivity contribution in [3.8, 4) is 0 Å². The summed E-state index contributed by atoms with van der Waals surface area (Å²) in [7, 11) is 0. The van der Waals surface area contributed by atoms with Gasteiger partial charge in [0.25, 0.3) is 5.91 Å². The minimum Gasteiger partial charge on any atom is -0.376 e. The van der Waals surface area contributed by atoms with Gasteiger partial charge in [0.1, 0.15) is 0 Å². The van der Waals surface area contributed by atoms with Gasteiger partial charge < -0.3 is 5.32 Å². The van der Waals surface area contributed by atoms with Crippen molar-refractivity contribution in [2.45, 2.75) is 13.3 Å². The predicted octanol–water partition coefficient (Wildman–Crippen LogP) is 4.18. The molecule has 0 aromatic heterocycles. The van der Waals surface area contributed by atoms with Gasteiger partial charge in [0.05, 0.1) is 12.3 Å². The van der Waals surface area contributed by atoms with Crippen LogP contribution < -0.4 is 10.7 Å². The fourth-order valence-corrected chi connectivity index (χ4v) is 2.63. The van der Waals surface area contributed by atoms with E-state index in [1.54, 1.807) is 0 Å². The van der Waals surface area contributed by atoms with Gasteiger partial charge in [-0.15, -0.1) is 0 Å². The molecule has 0 atom stereocenters. The smallest absolute Gasteiger partial charge is 0.259 e. The van der Waals surface area contributed by atoms with Crippen molar-refractivity contribution in [3.63, 3.8) is 0 Å². The third kappa shape index (κ3) is 4.44. The molecule has 25 heavy (non-hydrogen) atoms. The molecular weight excluding hydrogens is 310 g/mol. The summed E-state index contributed by atoms with van der Waals surface area (Å²) in [6, 6.07) is 24.0. The Labute approximate surface area is 147 Å². The molecule has 0 heterocycles. The van der Waals surface area contributed by atoms with E-state index in [-0.39, 0.29) is 12.5 Å². The van der Waals surface area contributed by atoms with Gasteiger partial charge in [0.2, 0.25) is 0 Å². The molecule has 3 aromatic rings. The molecule has 0 spiro atoms. The van der Waals surface area contributed by atoms with Crippen molar-refractivity contribution in [2.75, 3.05) is 11.9 Å². The summed E-state index contributed by atoms with van der Waals surface area (Å²) in [4.78, 5) is 12.1. The first kappa shape index (κ1) is 16.7. The zero-order valence-electron chi connectivity index (χ0n) is 14.2. The lowest BCUT2D eigenvalue weighted by Crippen LogP contribution is -2.27. The molecule has 4 heteroatoms. The number of hydrogen-bond acceptors (Lipinski definition) is 3. The first-order valence-electron chi connectivity index (χ1n) is 8.40. The highest BCUT2D eigenvalue weighted by molar-refractivity contribution is 6.01. The van der Waals surface area contributed by atoms with E-state index in [0.717, 1.165) is 28.8 Å². The van der Waals surface area contributed by atoms with E-state index in [1.807, 2.05) is 67.6 Å². The molecule has 0 aliphatic rings. The molecule has 126 valence electrons. The number of hydrogen-bond donors (Lipinski definition) is 2. The first-order chi connectivity index (χ1) is 12.3. The SMILES string of the molecule is CC/C(=N/NC(=O)CNc1ccc2ccccc2c1)c1ccccc1. The van der Waals surface area contributed by atoms with Crippen molar-refractivity contribution < 1.29 is 4.79 Å². The Morgan fingerprint density at radius 3 is 2.40 bits per heavy atom. The van der Waals surface area contributed by atoms with E-state index in [2.05, 4.69) is 28.0 Å². The minimum absolute atomic E-state index is 0.171. The van der Waals surface area contributed by atoms with Crippen LogP contribution in [0.1, 0.15) is 18.9 Å². The Morgan fingerprint density at radius 2 is 1.64 bits per heavy atom. The van der Waals surface area contributed by atoms with Crippen molar-refractivity contribution >= 4 is 28.1 Å². The third-order valence-corrected chi connectivity index (χ3v) is 3.96. The van der Waals surface area contributed by atoms with Gasteiger partial charge in [-0.25, -0.2) is 5.43 Å². The molecule has 0 saturated carbocycles. The highest BCUT2D eigenvalue weighted by Crippen LogP contribution is 2.18. The number of carbonyl (C=O) groups excluding carboxylic acids is 1. The molecule has 0 aliphatic heterocycles. The molecule has 0 radical (unpaired) electrons. The summed E-state index contributed by atoms with van der Waals surface area (Å²) in [6.07, 6.45) is 0.752. The van der Waals surface area contributed by atoms with Crippen LogP contribution in [0, 0.1) is 0 Å². The molecule has 0 saturated heterocycles. The Kier molecular flexibility index (Phi) is 5.42. The van der Waals surface area contributed by atoms with Crippen LogP contribution in [0.2, 0.25) is 0 Å². The second-order valence-electron chi connectivity index (χ2n) is 5.73. The molecule has 3 rings (SSSR count). The maximum absolute atomic E-state index is 12.1. The van der Waals surface area contributed by atoms with Gasteiger partial charge in [0.15, 0.2) is 0 Å². The van der Waals surface area contributed by atoms with Crippen LogP contribution in [0.25, 0.3) is 10.8 Å². The summed E-state index contributed by atoms with van der Waals surface area (Å²) in [5.41, 5.74) is 5.42. The van der Waals surface area contributed by atoms with E-state index in [1.165, 1.54) is 5.39 Å². The number of fused-ring (bicyclic) bond motifs is 1. The maximum atomic E-state index is 12.1. The molecule has 3 aromatic carbocycles. The van der Waals surface area contributed by atoms with E-state index >= 15 is 0 Å². The van der Waals surface area contributed by atoms with Gasteiger partial charge in [-0.1, -0.05) is 67.6 Å². The van der Waals surface area contributed by atoms with Gasteiger partial charge in [-0.2, -0.15) is 5.10 Å². The largest absolute Gasteiger partial charge is 0.376 e. The lowest BCUT2D eigenvalue weighted by atomic mass is 10.1. The topological polar surface area (TPSA) is 53.5 Å². The normalized spacial score (nSPS) is 11.3. The van der Waals surface area contributed by atoms with Crippen molar-refractivity contribution in [1.82, 2.24) is 5.43 Å². The Morgan fingerprint density at radius 1 is 0.920 bits per heavy atom. The number of nitrogens with one attached hydrogen (secondary N) is 2. The van der Waals surface area contributed by atoms with E-state index < -0.39 is 0 Å². The Hall–Kier alpha value is -3.14. The van der Waals surface area contributed by atoms with Crippen molar-refractivity contribution in [1.29, 1.82) is 0 Å². The van der Waals surface area contributed by atoms with Crippen LogP contribution in [0.5, 0.6) is 0 Å². The van der Waals surface area contributed by atoms with Gasteiger partial charge in [-0.05, 0) is 34.9 Å². The standard InChI is InChI=1S/C21H21N3O/c1-2-20(17-9-4-3-5-10-17)23-24-21(25)15-22-19-13-12-16-8-6-7-11-18(16)14-19/h3-14,22H,2,15H2,1H3,(H,24,25)/b23-20-. The van der Waals surface area contributed by atoms with Crippen LogP contribution >= 0.6 is 0 Å². The van der Waals surface area contributed by atoms with E-state index in [9.17, 15) is 4.79 Å². The number of hydrazone groups is 1. The number of benzene rings is 3. The summed E-state index contributed by atoms with van der Waals surface area (Å²) in [5.74, 6) is -0.171. The third-order valence-electron chi connectivity index (χ3n) is 3.96. The van der Waals surface area contributed by atoms with Gasteiger partial charge in [-0.3, -0.25) is 4.79 Å². The molecule has 0 bridgehead atoms. The Balaban J connectivity index is 1.59. The highest BCUT2D eigenvalue weighted by Gasteiger charge is 2.04. The van der Waals surface area contributed by atoms with Crippen molar-refractivity contribution in [2.24, 2.45) is 5.10 Å². The summed E-state index contributed by atoms with van der Waals surface area (Å²) in [5, 5.41) is 9.71. The lowest BCUT2D eigenvalue weighted by molar-refractivity contribution is -0.119. The average Bonchev–Trinajstić information content (AvgIpc) is 2.67. The Bertz CT molecular complexity index is 888. The molecule has 4 nitrogen and oxygen atoms in total. The van der Waals surface area contributed by atoms with E-state index in [4.69, 9.17) is 0 Å². The van der Waals surface area contributed by atoms with Crippen LogP contribution in [0.4, 0.5) is 5.69 Å². The summed E-state index contributed by atoms with van der Waals surface area (Å²) < 4.78 is 0. The number of carbonyl (C=O) groups is 1. The predicted molar refractivity (Wildman–Crippen MR) is 104 cm³/mol. The second-order valence-corrected chi connectivity index (χ2v) is 5.73. The molecule has 2 N–H and O–H groups in total. The monoisotopic (exact) mass is 331 g/mol. The lowest BCUT2D eigenvalue weighted by Gasteiger charge is -2.08. The van der Waals surface area contributed by atoms with Crippen LogP contribution in [0.15, 0.2) is 77.9 Å². The van der Waals surface area contributed by atoms with Crippen LogP contribution in [-0.2, 0) is 4.79 Å². The minimum atomic E-state index is -0.171. The average molecular weight is 331 g/mol. The molecule has 0 fully saturated rings. The number of anilines is 1. The maximum Gasteiger partial charge on any atom is 0.259 e. The zero-order chi connectivity index (χ0) is 17.5. The van der Waals surface area contributed by atoms with Gasteiger partial charge in [0, 0.05) is 5.69 Å². The first-order valence-corrected chi connectivity index (χ1v) is 8.40. The van der Waals surface area contributed by atoms with Gasteiger partial charge >= 0.3 is 0 Å². The summed E-state index contributed by atoms with van der Waals surface area (Å²) >= 11 is 0. The highest BCUT2D eigenvalue weighted by atomic mass is 16.2. The molecular formula is C21H21N3O. The molecule has 1 amide bonds. The molecule has 0 unspecified atom stereocenters. The quantitative estimate of drug-likeness (QED) is 0.526. The molecule has 0 aliphatic carbocycles. The fourth-order valence-electron chi connectivity index (χ4n) is 2.63. The zero-order valence-corrected chi connectivity index (χ0v) is 14.2. The van der Waals surface area contributed by atoms with Crippen LogP contribution in [-0.4, -0.2) is 18.2 Å². The number of amides is 1. The second kappa shape index (κ2) is 8.11. The summed E-state index contributed by atoms with van der Waals surface area (Å²) in [6.45, 7) is 2.19. The van der Waals surface area contributed by atoms with E-state index in [0.29, 0.717) is 0 Å². The van der Waals surface area contributed by atoms with Crippen molar-refractivity contribution in [3.05, 3.63) is 78.4 Å². The number of rotatable bonds is 6. The number of nitrogens with zero attached hydrogens (tertiary/aromatic N) is 1. The van der Waals surface area contributed by atoms with Crippen LogP contribution in [0.3, 0.4) is 0 Å².